The number of halogens is 2. The van der Waals surface area contributed by atoms with Crippen molar-refractivity contribution in [2.75, 3.05) is 10.6 Å². The van der Waals surface area contributed by atoms with Gasteiger partial charge in [-0.25, -0.2) is 4.39 Å². The Morgan fingerprint density at radius 2 is 1.84 bits per heavy atom. The molecule has 1 aromatic heterocycles. The molecule has 4 nitrogen and oxygen atoms in total. The van der Waals surface area contributed by atoms with Crippen LogP contribution < -0.4 is 10.6 Å². The standard InChI is InChI=1S/C19H15ClFN3O/c20-15-7-5-13(6-8-15)10-23-16-9-14(11-22-12-16)19(25)24-18-4-2-1-3-17(18)21/h1-9,11-12,23H,10H2,(H,24,25). The molecule has 3 rings (SSSR count). The number of aromatic nitrogens is 1. The van der Waals surface area contributed by atoms with Crippen molar-refractivity contribution in [1.29, 1.82) is 0 Å². The van der Waals surface area contributed by atoms with Gasteiger partial charge in [-0.15, -0.1) is 0 Å². The summed E-state index contributed by atoms with van der Waals surface area (Å²) in [5, 5.41) is 6.41. The maximum atomic E-state index is 13.6. The number of rotatable bonds is 5. The van der Waals surface area contributed by atoms with Crippen LogP contribution in [0.5, 0.6) is 0 Å². The smallest absolute Gasteiger partial charge is 0.257 e. The lowest BCUT2D eigenvalue weighted by Crippen LogP contribution is -2.13. The van der Waals surface area contributed by atoms with Crippen molar-refractivity contribution in [3.63, 3.8) is 0 Å². The summed E-state index contributed by atoms with van der Waals surface area (Å²) in [4.78, 5) is 16.3. The molecule has 6 heteroatoms. The monoisotopic (exact) mass is 355 g/mol. The molecular weight excluding hydrogens is 341 g/mol. The number of carbonyl (C=O) groups is 1. The second kappa shape index (κ2) is 7.77. The first-order chi connectivity index (χ1) is 12.1. The normalized spacial score (nSPS) is 10.3. The number of nitrogens with zero attached hydrogens (tertiary/aromatic N) is 1. The molecule has 2 aromatic carbocycles. The van der Waals surface area contributed by atoms with Crippen LogP contribution in [0.3, 0.4) is 0 Å². The number of hydrogen-bond acceptors (Lipinski definition) is 3. The van der Waals surface area contributed by atoms with Crippen LogP contribution in [-0.4, -0.2) is 10.9 Å². The van der Waals surface area contributed by atoms with Crippen molar-refractivity contribution in [2.45, 2.75) is 6.54 Å². The van der Waals surface area contributed by atoms with E-state index in [4.69, 9.17) is 11.6 Å². The lowest BCUT2D eigenvalue weighted by atomic mass is 10.2. The van der Waals surface area contributed by atoms with E-state index in [9.17, 15) is 9.18 Å². The van der Waals surface area contributed by atoms with Gasteiger partial charge in [0.05, 0.1) is 16.9 Å². The van der Waals surface area contributed by atoms with Gasteiger partial charge in [0.25, 0.3) is 5.91 Å². The molecule has 0 radical (unpaired) electrons. The highest BCUT2D eigenvalue weighted by atomic mass is 35.5. The first kappa shape index (κ1) is 16.9. The van der Waals surface area contributed by atoms with Crippen LogP contribution in [0.25, 0.3) is 0 Å². The molecule has 25 heavy (non-hydrogen) atoms. The molecule has 0 aliphatic carbocycles. The summed E-state index contributed by atoms with van der Waals surface area (Å²) in [6.45, 7) is 0.567. The quantitative estimate of drug-likeness (QED) is 0.695. The van der Waals surface area contributed by atoms with Crippen molar-refractivity contribution >= 4 is 28.9 Å². The van der Waals surface area contributed by atoms with Crippen molar-refractivity contribution in [1.82, 2.24) is 4.98 Å². The summed E-state index contributed by atoms with van der Waals surface area (Å²) in [5.41, 5.74) is 2.21. The van der Waals surface area contributed by atoms with Gasteiger partial charge in [0.2, 0.25) is 0 Å². The molecule has 0 fully saturated rings. The fourth-order valence-corrected chi connectivity index (χ4v) is 2.35. The van der Waals surface area contributed by atoms with Gasteiger partial charge in [-0.1, -0.05) is 35.9 Å². The summed E-state index contributed by atoms with van der Waals surface area (Å²) in [6, 6.07) is 15.1. The number of hydrogen-bond donors (Lipinski definition) is 2. The SMILES string of the molecule is O=C(Nc1ccccc1F)c1cncc(NCc2ccc(Cl)cc2)c1. The Morgan fingerprint density at radius 3 is 2.60 bits per heavy atom. The molecule has 0 bridgehead atoms. The molecular formula is C19H15ClFN3O. The second-order valence-electron chi connectivity index (χ2n) is 5.38. The van der Waals surface area contributed by atoms with Crippen molar-refractivity contribution < 1.29 is 9.18 Å². The van der Waals surface area contributed by atoms with Crippen LogP contribution >= 0.6 is 11.6 Å². The van der Waals surface area contributed by atoms with Crippen LogP contribution in [-0.2, 0) is 6.54 Å². The largest absolute Gasteiger partial charge is 0.380 e. The molecule has 0 spiro atoms. The van der Waals surface area contributed by atoms with Gasteiger partial charge in [0, 0.05) is 24.0 Å². The summed E-state index contributed by atoms with van der Waals surface area (Å²) >= 11 is 5.86. The number of benzene rings is 2. The maximum absolute atomic E-state index is 13.6. The average Bonchev–Trinajstić information content (AvgIpc) is 2.63. The molecule has 0 aliphatic heterocycles. The summed E-state index contributed by atoms with van der Waals surface area (Å²) in [6.07, 6.45) is 3.06. The molecule has 0 saturated heterocycles. The zero-order valence-corrected chi connectivity index (χ0v) is 13.9. The van der Waals surface area contributed by atoms with Crippen LogP contribution in [0.15, 0.2) is 67.0 Å². The van der Waals surface area contributed by atoms with E-state index in [2.05, 4.69) is 15.6 Å². The van der Waals surface area contributed by atoms with E-state index >= 15 is 0 Å². The highest BCUT2D eigenvalue weighted by Gasteiger charge is 2.10. The van der Waals surface area contributed by atoms with E-state index in [1.165, 1.54) is 18.3 Å². The van der Waals surface area contributed by atoms with Gasteiger partial charge in [-0.3, -0.25) is 9.78 Å². The number of para-hydroxylation sites is 1. The predicted molar refractivity (Wildman–Crippen MR) is 97.4 cm³/mol. The highest BCUT2D eigenvalue weighted by molar-refractivity contribution is 6.30. The fourth-order valence-electron chi connectivity index (χ4n) is 2.22. The van der Waals surface area contributed by atoms with E-state index in [-0.39, 0.29) is 5.69 Å². The van der Waals surface area contributed by atoms with Crippen LogP contribution in [0.2, 0.25) is 5.02 Å². The Hall–Kier alpha value is -2.92. The fraction of sp³-hybridized carbons (Fsp3) is 0.0526. The Labute approximate surface area is 149 Å². The topological polar surface area (TPSA) is 54.0 Å². The van der Waals surface area contributed by atoms with Gasteiger partial charge in [-0.2, -0.15) is 0 Å². The molecule has 1 amide bonds. The van der Waals surface area contributed by atoms with E-state index in [1.54, 1.807) is 24.4 Å². The molecule has 3 aromatic rings. The Morgan fingerprint density at radius 1 is 1.08 bits per heavy atom. The van der Waals surface area contributed by atoms with E-state index in [0.29, 0.717) is 22.8 Å². The van der Waals surface area contributed by atoms with Gasteiger partial charge in [0.1, 0.15) is 5.82 Å². The summed E-state index contributed by atoms with van der Waals surface area (Å²) in [7, 11) is 0. The van der Waals surface area contributed by atoms with E-state index in [0.717, 1.165) is 5.56 Å². The summed E-state index contributed by atoms with van der Waals surface area (Å²) in [5.74, 6) is -0.909. The minimum absolute atomic E-state index is 0.132. The third-order valence-corrected chi connectivity index (χ3v) is 3.78. The average molecular weight is 356 g/mol. The van der Waals surface area contributed by atoms with E-state index < -0.39 is 11.7 Å². The zero-order chi connectivity index (χ0) is 17.6. The Kier molecular flexibility index (Phi) is 5.26. The van der Waals surface area contributed by atoms with Crippen LogP contribution in [0.1, 0.15) is 15.9 Å². The number of carbonyl (C=O) groups excluding carboxylic acids is 1. The molecule has 2 N–H and O–H groups in total. The third kappa shape index (κ3) is 4.55. The minimum Gasteiger partial charge on any atom is -0.380 e. The third-order valence-electron chi connectivity index (χ3n) is 3.53. The van der Waals surface area contributed by atoms with Gasteiger partial charge < -0.3 is 10.6 Å². The van der Waals surface area contributed by atoms with Gasteiger partial charge in [0.15, 0.2) is 0 Å². The predicted octanol–water partition coefficient (Wildman–Crippen LogP) is 4.74. The molecule has 0 atom stereocenters. The summed E-state index contributed by atoms with van der Waals surface area (Å²) < 4.78 is 13.6. The second-order valence-corrected chi connectivity index (χ2v) is 5.81. The van der Waals surface area contributed by atoms with Gasteiger partial charge in [-0.05, 0) is 35.9 Å². The number of nitrogens with one attached hydrogen (secondary N) is 2. The molecule has 0 aliphatic rings. The van der Waals surface area contributed by atoms with E-state index in [1.807, 2.05) is 24.3 Å². The van der Waals surface area contributed by atoms with Crippen LogP contribution in [0.4, 0.5) is 15.8 Å². The van der Waals surface area contributed by atoms with Crippen molar-refractivity contribution in [2.24, 2.45) is 0 Å². The van der Waals surface area contributed by atoms with Crippen molar-refractivity contribution in [3.05, 3.63) is 89.0 Å². The Balaban J connectivity index is 1.67. The van der Waals surface area contributed by atoms with Crippen molar-refractivity contribution in [3.8, 4) is 0 Å². The number of amides is 1. The lowest BCUT2D eigenvalue weighted by molar-refractivity contribution is 0.102. The molecule has 1 heterocycles. The number of pyridine rings is 1. The maximum Gasteiger partial charge on any atom is 0.257 e. The molecule has 126 valence electrons. The molecule has 0 saturated carbocycles. The highest BCUT2D eigenvalue weighted by Crippen LogP contribution is 2.16. The Bertz CT molecular complexity index is 884. The van der Waals surface area contributed by atoms with Crippen LogP contribution in [0, 0.1) is 5.82 Å². The first-order valence-electron chi connectivity index (χ1n) is 7.61. The molecule has 0 unspecified atom stereocenters. The minimum atomic E-state index is -0.485. The zero-order valence-electron chi connectivity index (χ0n) is 13.2. The van der Waals surface area contributed by atoms with Gasteiger partial charge >= 0.3 is 0 Å². The number of anilines is 2. The lowest BCUT2D eigenvalue weighted by Gasteiger charge is -2.09. The first-order valence-corrected chi connectivity index (χ1v) is 7.99.